The van der Waals surface area contributed by atoms with E-state index in [4.69, 9.17) is 0 Å². The van der Waals surface area contributed by atoms with E-state index in [0.29, 0.717) is 0 Å². The van der Waals surface area contributed by atoms with Crippen LogP contribution in [0, 0.1) is 0 Å². The molecule has 0 saturated carbocycles. The summed E-state index contributed by atoms with van der Waals surface area (Å²) in [5.41, 5.74) is 3.73. The Morgan fingerprint density at radius 2 is 1.00 bits per heavy atom. The number of nitrogens with one attached hydrogen (secondary N) is 3. The molecule has 1 aromatic rings. The lowest BCUT2D eigenvalue weighted by Crippen LogP contribution is -2.11. The summed E-state index contributed by atoms with van der Waals surface area (Å²) in [6, 6.07) is 6.55. The van der Waals surface area contributed by atoms with Gasteiger partial charge in [-0.05, 0) is 31.4 Å². The lowest BCUT2D eigenvalue weighted by atomic mass is 10.2. The van der Waals surface area contributed by atoms with Crippen LogP contribution in [-0.2, 0) is 0 Å². The van der Waals surface area contributed by atoms with Crippen molar-refractivity contribution >= 4 is 17.1 Å². The van der Waals surface area contributed by atoms with Crippen molar-refractivity contribution in [3.05, 3.63) is 18.2 Å². The van der Waals surface area contributed by atoms with Gasteiger partial charge in [0.15, 0.2) is 0 Å². The third-order valence-corrected chi connectivity index (χ3v) is 4.34. The van der Waals surface area contributed by atoms with E-state index in [0.717, 1.165) is 19.6 Å². The molecular weight excluding hydrogens is 294 g/mol. The summed E-state index contributed by atoms with van der Waals surface area (Å²) >= 11 is 0. The van der Waals surface area contributed by atoms with Crippen molar-refractivity contribution in [2.75, 3.05) is 35.6 Å². The van der Waals surface area contributed by atoms with Gasteiger partial charge in [0.2, 0.25) is 0 Å². The second-order valence-corrected chi connectivity index (χ2v) is 6.63. The SMILES string of the molecule is CCCCCNc1cccc(NCCCCC)c1NCCCCC. The summed E-state index contributed by atoms with van der Waals surface area (Å²) in [7, 11) is 0. The highest BCUT2D eigenvalue weighted by molar-refractivity contribution is 5.82. The van der Waals surface area contributed by atoms with Crippen molar-refractivity contribution in [2.45, 2.75) is 78.6 Å². The zero-order valence-electron chi connectivity index (χ0n) is 16.2. The number of rotatable bonds is 15. The first kappa shape index (κ1) is 20.7. The summed E-state index contributed by atoms with van der Waals surface area (Å²) in [4.78, 5) is 0. The van der Waals surface area contributed by atoms with Crippen LogP contribution in [-0.4, -0.2) is 19.6 Å². The average Bonchev–Trinajstić information content (AvgIpc) is 2.60. The molecule has 0 bridgehead atoms. The van der Waals surface area contributed by atoms with Gasteiger partial charge in [-0.25, -0.2) is 0 Å². The van der Waals surface area contributed by atoms with Crippen molar-refractivity contribution in [1.29, 1.82) is 0 Å². The molecule has 3 N–H and O–H groups in total. The van der Waals surface area contributed by atoms with Crippen molar-refractivity contribution in [3.63, 3.8) is 0 Å². The van der Waals surface area contributed by atoms with Crippen LogP contribution < -0.4 is 16.0 Å². The molecule has 138 valence electrons. The van der Waals surface area contributed by atoms with Crippen LogP contribution in [0.2, 0.25) is 0 Å². The highest BCUT2D eigenvalue weighted by atomic mass is 15.0. The van der Waals surface area contributed by atoms with Crippen LogP contribution in [0.4, 0.5) is 17.1 Å². The predicted octanol–water partition coefficient (Wildman–Crippen LogP) is 6.49. The Morgan fingerprint density at radius 1 is 0.583 bits per heavy atom. The van der Waals surface area contributed by atoms with Gasteiger partial charge in [0.25, 0.3) is 0 Å². The molecule has 0 amide bonds. The number of anilines is 3. The van der Waals surface area contributed by atoms with Crippen molar-refractivity contribution < 1.29 is 0 Å². The molecule has 0 spiro atoms. The third-order valence-electron chi connectivity index (χ3n) is 4.34. The fourth-order valence-electron chi connectivity index (χ4n) is 2.82. The van der Waals surface area contributed by atoms with Crippen molar-refractivity contribution in [1.82, 2.24) is 0 Å². The molecular formula is C21H39N3. The van der Waals surface area contributed by atoms with Gasteiger partial charge in [0, 0.05) is 19.6 Å². The van der Waals surface area contributed by atoms with Crippen LogP contribution in [0.5, 0.6) is 0 Å². The number of hydrogen-bond acceptors (Lipinski definition) is 3. The Hall–Kier alpha value is -1.38. The maximum Gasteiger partial charge on any atom is 0.0811 e. The lowest BCUT2D eigenvalue weighted by molar-refractivity contribution is 0.739. The molecule has 0 atom stereocenters. The van der Waals surface area contributed by atoms with Gasteiger partial charge in [0.1, 0.15) is 0 Å². The fraction of sp³-hybridized carbons (Fsp3) is 0.714. The predicted molar refractivity (Wildman–Crippen MR) is 110 cm³/mol. The van der Waals surface area contributed by atoms with E-state index < -0.39 is 0 Å². The first-order chi connectivity index (χ1) is 11.8. The standard InChI is InChI=1S/C21H39N3/c1-4-7-10-16-22-19-14-13-15-20(23-17-11-8-5-2)21(19)24-18-12-9-6-3/h13-15,22-24H,4-12,16-18H2,1-3H3. The second kappa shape index (κ2) is 14.0. The van der Waals surface area contributed by atoms with E-state index in [-0.39, 0.29) is 0 Å². The van der Waals surface area contributed by atoms with E-state index >= 15 is 0 Å². The molecule has 0 unspecified atom stereocenters. The van der Waals surface area contributed by atoms with Gasteiger partial charge in [-0.15, -0.1) is 0 Å². The van der Waals surface area contributed by atoms with Gasteiger partial charge in [-0.3, -0.25) is 0 Å². The first-order valence-corrected chi connectivity index (χ1v) is 10.2. The monoisotopic (exact) mass is 333 g/mol. The normalized spacial score (nSPS) is 10.6. The summed E-state index contributed by atoms with van der Waals surface area (Å²) in [6.07, 6.45) is 11.4. The summed E-state index contributed by atoms with van der Waals surface area (Å²) in [5, 5.41) is 10.9. The van der Waals surface area contributed by atoms with Crippen molar-refractivity contribution in [3.8, 4) is 0 Å². The van der Waals surface area contributed by atoms with Crippen LogP contribution in [0.3, 0.4) is 0 Å². The summed E-state index contributed by atoms with van der Waals surface area (Å²) in [5.74, 6) is 0. The molecule has 1 aromatic carbocycles. The maximum absolute atomic E-state index is 3.67. The van der Waals surface area contributed by atoms with E-state index in [1.54, 1.807) is 0 Å². The topological polar surface area (TPSA) is 36.1 Å². The maximum atomic E-state index is 3.67. The molecule has 3 nitrogen and oxygen atoms in total. The van der Waals surface area contributed by atoms with E-state index in [2.05, 4.69) is 54.9 Å². The Morgan fingerprint density at radius 3 is 1.42 bits per heavy atom. The van der Waals surface area contributed by atoms with Crippen LogP contribution in [0.25, 0.3) is 0 Å². The lowest BCUT2D eigenvalue weighted by Gasteiger charge is -2.19. The molecule has 0 saturated heterocycles. The quantitative estimate of drug-likeness (QED) is 0.321. The molecule has 3 heteroatoms. The smallest absolute Gasteiger partial charge is 0.0811 e. The van der Waals surface area contributed by atoms with Gasteiger partial charge in [-0.1, -0.05) is 65.4 Å². The zero-order valence-corrected chi connectivity index (χ0v) is 16.2. The molecule has 1 rings (SSSR count). The molecule has 0 heterocycles. The van der Waals surface area contributed by atoms with Crippen molar-refractivity contribution in [2.24, 2.45) is 0 Å². The third kappa shape index (κ3) is 8.47. The highest BCUT2D eigenvalue weighted by Crippen LogP contribution is 2.31. The molecule has 0 aromatic heterocycles. The van der Waals surface area contributed by atoms with Gasteiger partial charge in [-0.2, -0.15) is 0 Å². The minimum absolute atomic E-state index is 1.05. The van der Waals surface area contributed by atoms with Crippen LogP contribution in [0.1, 0.15) is 78.6 Å². The van der Waals surface area contributed by atoms with Gasteiger partial charge >= 0.3 is 0 Å². The molecule has 24 heavy (non-hydrogen) atoms. The van der Waals surface area contributed by atoms with Crippen LogP contribution in [0.15, 0.2) is 18.2 Å². The number of hydrogen-bond donors (Lipinski definition) is 3. The van der Waals surface area contributed by atoms with Gasteiger partial charge < -0.3 is 16.0 Å². The Labute approximate surface area is 150 Å². The van der Waals surface area contributed by atoms with E-state index in [1.807, 2.05) is 0 Å². The first-order valence-electron chi connectivity index (χ1n) is 10.2. The summed E-state index contributed by atoms with van der Waals surface area (Å²) in [6.45, 7) is 9.91. The minimum atomic E-state index is 1.05. The minimum Gasteiger partial charge on any atom is -0.383 e. The number of benzene rings is 1. The van der Waals surface area contributed by atoms with E-state index in [1.165, 1.54) is 74.8 Å². The van der Waals surface area contributed by atoms with E-state index in [9.17, 15) is 0 Å². The molecule has 0 aliphatic heterocycles. The molecule has 0 fully saturated rings. The second-order valence-electron chi connectivity index (χ2n) is 6.63. The molecule has 0 radical (unpaired) electrons. The fourth-order valence-corrected chi connectivity index (χ4v) is 2.82. The number of unbranched alkanes of at least 4 members (excludes halogenated alkanes) is 6. The zero-order chi connectivity index (χ0) is 17.5. The molecule has 0 aliphatic carbocycles. The number of para-hydroxylation sites is 1. The highest BCUT2D eigenvalue weighted by Gasteiger charge is 2.07. The Bertz CT molecular complexity index is 387. The van der Waals surface area contributed by atoms with Gasteiger partial charge in [0.05, 0.1) is 17.1 Å². The summed E-state index contributed by atoms with van der Waals surface area (Å²) < 4.78 is 0. The average molecular weight is 334 g/mol. The Balaban J connectivity index is 2.67. The largest absolute Gasteiger partial charge is 0.383 e. The Kier molecular flexibility index (Phi) is 12.1. The van der Waals surface area contributed by atoms with Crippen LogP contribution >= 0.6 is 0 Å². The molecule has 0 aliphatic rings.